The summed E-state index contributed by atoms with van der Waals surface area (Å²) in [6, 6.07) is 1.08. The predicted molar refractivity (Wildman–Crippen MR) is 58.1 cm³/mol. The molecule has 1 heterocycles. The van der Waals surface area contributed by atoms with Crippen LogP contribution in [-0.4, -0.2) is 12.0 Å². The first kappa shape index (κ1) is 10.6. The molecule has 0 radical (unpaired) electrons. The van der Waals surface area contributed by atoms with Crippen LogP contribution in [0.1, 0.15) is 17.3 Å². The molecule has 5 heteroatoms. The van der Waals surface area contributed by atoms with Gasteiger partial charge in [0.15, 0.2) is 5.78 Å². The molecule has 0 saturated carbocycles. The van der Waals surface area contributed by atoms with E-state index >= 15 is 0 Å². The van der Waals surface area contributed by atoms with Crippen LogP contribution in [0.15, 0.2) is 11.1 Å². The van der Waals surface area contributed by atoms with E-state index < -0.39 is 5.82 Å². The van der Waals surface area contributed by atoms with Crippen molar-refractivity contribution in [2.75, 3.05) is 0 Å². The van der Waals surface area contributed by atoms with Gasteiger partial charge in [0, 0.05) is 11.8 Å². The highest BCUT2D eigenvalue weighted by Crippen LogP contribution is 2.39. The maximum Gasteiger partial charge on any atom is 0.173 e. The van der Waals surface area contributed by atoms with Gasteiger partial charge in [-0.2, -0.15) is 0 Å². The summed E-state index contributed by atoms with van der Waals surface area (Å²) in [5, 5.41) is -0.210. The van der Waals surface area contributed by atoms with Gasteiger partial charge in [-0.1, -0.05) is 30.1 Å². The van der Waals surface area contributed by atoms with Crippen LogP contribution in [0.4, 0.5) is 10.1 Å². The van der Waals surface area contributed by atoms with Gasteiger partial charge in [0.05, 0.1) is 21.7 Å². The number of benzene rings is 1. The quantitative estimate of drug-likeness (QED) is 0.642. The van der Waals surface area contributed by atoms with Gasteiger partial charge in [0.2, 0.25) is 0 Å². The van der Waals surface area contributed by atoms with Gasteiger partial charge in [-0.3, -0.25) is 9.79 Å². The van der Waals surface area contributed by atoms with E-state index in [1.165, 1.54) is 6.21 Å². The molecule has 0 spiro atoms. The van der Waals surface area contributed by atoms with Crippen LogP contribution in [0.5, 0.6) is 0 Å². The van der Waals surface area contributed by atoms with Crippen molar-refractivity contribution in [3.05, 3.63) is 27.5 Å². The molecule has 1 atom stereocenters. The molecule has 0 amide bonds. The molecule has 0 aromatic heterocycles. The first-order chi connectivity index (χ1) is 7.02. The molecule has 2 nitrogen and oxygen atoms in total. The third-order valence-electron chi connectivity index (χ3n) is 2.24. The minimum atomic E-state index is -0.696. The van der Waals surface area contributed by atoms with Crippen molar-refractivity contribution >= 4 is 40.9 Å². The van der Waals surface area contributed by atoms with Crippen LogP contribution in [0.2, 0.25) is 10.0 Å². The number of aliphatic imine (C=N–C) groups is 1. The SMILES string of the molecule is CC1C=Nc2c(cc(F)c(Cl)c2Cl)C1=O. The molecular formula is C10H6Cl2FNO. The molecule has 0 fully saturated rings. The summed E-state index contributed by atoms with van der Waals surface area (Å²) in [6.07, 6.45) is 1.48. The molecule has 0 saturated heterocycles. The summed E-state index contributed by atoms with van der Waals surface area (Å²) in [5.74, 6) is -1.25. The van der Waals surface area contributed by atoms with Gasteiger partial charge in [-0.25, -0.2) is 4.39 Å². The van der Waals surface area contributed by atoms with Gasteiger partial charge in [-0.15, -0.1) is 0 Å². The second-order valence-electron chi connectivity index (χ2n) is 3.31. The molecule has 1 unspecified atom stereocenters. The largest absolute Gasteiger partial charge is 0.293 e. The number of nitrogens with zero attached hydrogens (tertiary/aromatic N) is 1. The van der Waals surface area contributed by atoms with Crippen molar-refractivity contribution in [3.63, 3.8) is 0 Å². The lowest BCUT2D eigenvalue weighted by atomic mass is 9.96. The minimum absolute atomic E-state index is 0.0110. The lowest BCUT2D eigenvalue weighted by Gasteiger charge is -2.15. The number of halogens is 3. The Labute approximate surface area is 95.7 Å². The minimum Gasteiger partial charge on any atom is -0.293 e. The highest BCUT2D eigenvalue weighted by molar-refractivity contribution is 6.44. The van der Waals surface area contributed by atoms with Crippen LogP contribution < -0.4 is 0 Å². The lowest BCUT2D eigenvalue weighted by molar-refractivity contribution is 0.0962. The van der Waals surface area contributed by atoms with Crippen LogP contribution in [0, 0.1) is 11.7 Å². The molecule has 78 valence electrons. The van der Waals surface area contributed by atoms with Gasteiger partial charge in [0.1, 0.15) is 5.82 Å². The maximum absolute atomic E-state index is 13.2. The number of carbonyl (C=O) groups excluding carboxylic acids is 1. The van der Waals surface area contributed by atoms with Gasteiger partial charge in [0.25, 0.3) is 0 Å². The fourth-order valence-corrected chi connectivity index (χ4v) is 1.78. The van der Waals surface area contributed by atoms with E-state index in [1.54, 1.807) is 6.92 Å². The van der Waals surface area contributed by atoms with Crippen LogP contribution >= 0.6 is 23.2 Å². The van der Waals surface area contributed by atoms with Crippen molar-refractivity contribution in [2.45, 2.75) is 6.92 Å². The molecule has 0 bridgehead atoms. The van der Waals surface area contributed by atoms with Crippen LogP contribution in [0.25, 0.3) is 0 Å². The van der Waals surface area contributed by atoms with E-state index in [9.17, 15) is 9.18 Å². The summed E-state index contributed by atoms with van der Waals surface area (Å²) in [6.45, 7) is 1.69. The summed E-state index contributed by atoms with van der Waals surface area (Å²) in [7, 11) is 0. The molecule has 15 heavy (non-hydrogen) atoms. The van der Waals surface area contributed by atoms with Gasteiger partial charge in [-0.05, 0) is 6.07 Å². The Hall–Kier alpha value is -0.930. The lowest BCUT2D eigenvalue weighted by Crippen LogP contribution is -2.16. The van der Waals surface area contributed by atoms with E-state index in [4.69, 9.17) is 23.2 Å². The molecule has 1 aromatic carbocycles. The highest BCUT2D eigenvalue weighted by atomic mass is 35.5. The maximum atomic E-state index is 13.2. The van der Waals surface area contributed by atoms with Crippen molar-refractivity contribution in [3.8, 4) is 0 Å². The van der Waals surface area contributed by atoms with E-state index in [0.717, 1.165) is 6.07 Å². The standard InChI is InChI=1S/C10H6Cl2FNO/c1-4-3-14-9-5(10(4)15)2-6(13)7(11)8(9)12/h2-4H,1H3. The number of rotatable bonds is 0. The van der Waals surface area contributed by atoms with Crippen molar-refractivity contribution < 1.29 is 9.18 Å². The number of Topliss-reactive ketones (excluding diaryl/α,β-unsaturated/α-hetero) is 1. The molecule has 0 aliphatic carbocycles. The number of hydrogen-bond donors (Lipinski definition) is 0. The monoisotopic (exact) mass is 245 g/mol. The normalized spacial score (nSPS) is 19.2. The molecule has 1 aliphatic rings. The summed E-state index contributed by atoms with van der Waals surface area (Å²) in [4.78, 5) is 15.7. The zero-order valence-electron chi connectivity index (χ0n) is 7.72. The first-order valence-corrected chi connectivity index (χ1v) is 5.04. The van der Waals surface area contributed by atoms with E-state index in [-0.39, 0.29) is 33.0 Å². The third-order valence-corrected chi connectivity index (χ3v) is 3.08. The Morgan fingerprint density at radius 1 is 1.40 bits per heavy atom. The topological polar surface area (TPSA) is 29.4 Å². The van der Waals surface area contributed by atoms with Gasteiger partial charge < -0.3 is 0 Å². The molecule has 2 rings (SSSR count). The molecule has 1 aliphatic heterocycles. The molecular weight excluding hydrogens is 240 g/mol. The van der Waals surface area contributed by atoms with Crippen LogP contribution in [-0.2, 0) is 0 Å². The van der Waals surface area contributed by atoms with Crippen LogP contribution in [0.3, 0.4) is 0 Å². The zero-order chi connectivity index (χ0) is 11.2. The van der Waals surface area contributed by atoms with Crippen molar-refractivity contribution in [2.24, 2.45) is 10.9 Å². The third kappa shape index (κ3) is 1.56. The van der Waals surface area contributed by atoms with Crippen molar-refractivity contribution in [1.29, 1.82) is 0 Å². The molecule has 0 N–H and O–H groups in total. The van der Waals surface area contributed by atoms with E-state index in [1.807, 2.05) is 0 Å². The Kier molecular flexibility index (Phi) is 2.52. The Morgan fingerprint density at radius 3 is 2.73 bits per heavy atom. The van der Waals surface area contributed by atoms with E-state index in [2.05, 4.69) is 4.99 Å². The fourth-order valence-electron chi connectivity index (χ4n) is 1.40. The average molecular weight is 246 g/mol. The number of carbonyl (C=O) groups is 1. The average Bonchev–Trinajstić information content (AvgIpc) is 2.21. The Morgan fingerprint density at radius 2 is 2.07 bits per heavy atom. The number of hydrogen-bond acceptors (Lipinski definition) is 2. The smallest absolute Gasteiger partial charge is 0.173 e. The first-order valence-electron chi connectivity index (χ1n) is 4.28. The van der Waals surface area contributed by atoms with Gasteiger partial charge >= 0.3 is 0 Å². The Bertz CT molecular complexity index is 485. The van der Waals surface area contributed by atoms with Crippen molar-refractivity contribution in [1.82, 2.24) is 0 Å². The number of ketones is 1. The predicted octanol–water partition coefficient (Wildman–Crippen LogP) is 3.67. The second-order valence-corrected chi connectivity index (χ2v) is 4.07. The van der Waals surface area contributed by atoms with E-state index in [0.29, 0.717) is 0 Å². The zero-order valence-corrected chi connectivity index (χ0v) is 9.23. The summed E-state index contributed by atoms with van der Waals surface area (Å²) < 4.78 is 13.2. The second kappa shape index (κ2) is 3.58. The Balaban J connectivity index is 2.74. The molecule has 1 aromatic rings. The highest BCUT2D eigenvalue weighted by Gasteiger charge is 2.25. The summed E-state index contributed by atoms with van der Waals surface area (Å²) >= 11 is 11.4. The number of fused-ring (bicyclic) bond motifs is 1. The summed E-state index contributed by atoms with van der Waals surface area (Å²) in [5.41, 5.74) is 0.447. The fraction of sp³-hybridized carbons (Fsp3) is 0.200.